The average Bonchev–Trinajstić information content (AvgIpc) is 2.73. The molecule has 4 N–H and O–H groups in total. The third kappa shape index (κ3) is 5.23. The summed E-state index contributed by atoms with van der Waals surface area (Å²) in [5, 5.41) is 18.1. The van der Waals surface area contributed by atoms with Gasteiger partial charge in [0.05, 0.1) is 6.42 Å². The summed E-state index contributed by atoms with van der Waals surface area (Å²) >= 11 is 0. The van der Waals surface area contributed by atoms with Crippen LogP contribution in [0.4, 0.5) is 4.39 Å². The Bertz CT molecular complexity index is 1020. The molecule has 0 bridgehead atoms. The van der Waals surface area contributed by atoms with Crippen molar-refractivity contribution < 1.29 is 24.1 Å². The number of carboxylic acids is 1. The Balaban J connectivity index is 1.81. The van der Waals surface area contributed by atoms with Crippen LogP contribution in [0, 0.1) is 5.82 Å². The fourth-order valence-electron chi connectivity index (χ4n) is 3.30. The molecular weight excluding hydrogens is 385 g/mol. The van der Waals surface area contributed by atoms with E-state index in [4.69, 9.17) is 20.7 Å². The number of nitrogens with two attached hydrogens (primary N) is 1. The van der Waals surface area contributed by atoms with Crippen molar-refractivity contribution in [2.24, 2.45) is 5.73 Å². The third-order valence-electron chi connectivity index (χ3n) is 4.81. The highest BCUT2D eigenvalue weighted by Gasteiger charge is 2.15. The molecule has 3 aromatic rings. The van der Waals surface area contributed by atoms with E-state index >= 15 is 4.39 Å². The molecule has 3 rings (SSSR count). The number of halogens is 1. The highest BCUT2D eigenvalue weighted by Crippen LogP contribution is 2.29. The number of hydrogen-bond acceptors (Lipinski definition) is 4. The van der Waals surface area contributed by atoms with Gasteiger partial charge < -0.3 is 20.7 Å². The second-order valence-electron chi connectivity index (χ2n) is 6.99. The number of ether oxygens (including phenoxy) is 1. The number of benzene rings is 3. The molecule has 3 aromatic carbocycles. The van der Waals surface area contributed by atoms with Crippen LogP contribution in [0.2, 0.25) is 0 Å². The zero-order valence-electron chi connectivity index (χ0n) is 16.4. The Kier molecular flexibility index (Phi) is 7.17. The average molecular weight is 409 g/mol. The van der Waals surface area contributed by atoms with Gasteiger partial charge in [0.15, 0.2) is 0 Å². The van der Waals surface area contributed by atoms with Gasteiger partial charge in [-0.15, -0.1) is 0 Å². The van der Waals surface area contributed by atoms with Gasteiger partial charge in [-0.1, -0.05) is 54.6 Å². The second kappa shape index (κ2) is 10.0. The summed E-state index contributed by atoms with van der Waals surface area (Å²) in [7, 11) is 0. The molecule has 0 aliphatic carbocycles. The van der Waals surface area contributed by atoms with Crippen molar-refractivity contribution in [1.82, 2.24) is 0 Å². The highest BCUT2D eigenvalue weighted by atomic mass is 19.1. The van der Waals surface area contributed by atoms with Crippen LogP contribution in [-0.2, 0) is 17.8 Å². The van der Waals surface area contributed by atoms with Crippen LogP contribution in [0.1, 0.15) is 29.2 Å². The number of hydrogen-bond donors (Lipinski definition) is 3. The molecule has 0 spiro atoms. The van der Waals surface area contributed by atoms with Gasteiger partial charge >= 0.3 is 5.97 Å². The van der Waals surface area contributed by atoms with Crippen molar-refractivity contribution in [2.75, 3.05) is 6.61 Å². The molecule has 156 valence electrons. The molecule has 30 heavy (non-hydrogen) atoms. The van der Waals surface area contributed by atoms with E-state index in [-0.39, 0.29) is 26.1 Å². The van der Waals surface area contributed by atoms with Crippen molar-refractivity contribution >= 4 is 5.97 Å². The largest absolute Gasteiger partial charge is 0.489 e. The van der Waals surface area contributed by atoms with Gasteiger partial charge in [0.1, 0.15) is 18.2 Å². The molecule has 0 heterocycles. The smallest absolute Gasteiger partial charge is 0.307 e. The molecule has 0 saturated carbocycles. The number of rotatable bonds is 9. The minimum Gasteiger partial charge on any atom is -0.489 e. The minimum atomic E-state index is -0.928. The monoisotopic (exact) mass is 409 g/mol. The van der Waals surface area contributed by atoms with E-state index in [0.29, 0.717) is 28.0 Å². The first-order chi connectivity index (χ1) is 14.5. The Labute approximate surface area is 174 Å². The maximum atomic E-state index is 15.0. The molecule has 6 heteroatoms. The van der Waals surface area contributed by atoms with Crippen molar-refractivity contribution in [3.05, 3.63) is 89.2 Å². The maximum Gasteiger partial charge on any atom is 0.307 e. The number of para-hydroxylation sites is 1. The van der Waals surface area contributed by atoms with Crippen LogP contribution in [0.15, 0.2) is 66.7 Å². The molecule has 0 amide bonds. The van der Waals surface area contributed by atoms with Crippen molar-refractivity contribution in [3.63, 3.8) is 0 Å². The van der Waals surface area contributed by atoms with Gasteiger partial charge in [0.2, 0.25) is 0 Å². The van der Waals surface area contributed by atoms with E-state index in [1.165, 1.54) is 0 Å². The van der Waals surface area contributed by atoms with E-state index in [1.54, 1.807) is 42.5 Å². The Morgan fingerprint density at radius 3 is 2.60 bits per heavy atom. The fourth-order valence-corrected chi connectivity index (χ4v) is 3.30. The van der Waals surface area contributed by atoms with Crippen LogP contribution in [0.3, 0.4) is 0 Å². The van der Waals surface area contributed by atoms with Gasteiger partial charge in [-0.05, 0) is 29.7 Å². The summed E-state index contributed by atoms with van der Waals surface area (Å²) in [6.45, 7) is 0.108. The zero-order valence-corrected chi connectivity index (χ0v) is 16.4. The maximum absolute atomic E-state index is 15.0. The number of aliphatic hydroxyl groups is 1. The standard InChI is InChI=1S/C24H24FNO4/c25-24-19(8-4-9-20(24)21(26)11-12-27)17-7-3-5-16(13-17)15-30-22-10-2-1-6-18(22)14-23(28)29/h1-10,13,21,27H,11-12,14-15,26H2,(H,28,29)/t21-/m1/s1. The number of carbonyl (C=O) groups is 1. The molecule has 0 saturated heterocycles. The SMILES string of the molecule is N[C@H](CCO)c1cccc(-c2cccc(COc3ccccc3CC(=O)O)c2)c1F. The van der Waals surface area contributed by atoms with Crippen LogP contribution in [0.25, 0.3) is 11.1 Å². The molecule has 0 fully saturated rings. The molecule has 1 atom stereocenters. The van der Waals surface area contributed by atoms with Crippen molar-refractivity contribution in [3.8, 4) is 16.9 Å². The van der Waals surface area contributed by atoms with E-state index in [1.807, 2.05) is 24.3 Å². The Morgan fingerprint density at radius 2 is 1.83 bits per heavy atom. The molecule has 5 nitrogen and oxygen atoms in total. The zero-order chi connectivity index (χ0) is 21.5. The first-order valence-corrected chi connectivity index (χ1v) is 9.66. The second-order valence-corrected chi connectivity index (χ2v) is 6.99. The van der Waals surface area contributed by atoms with Crippen LogP contribution < -0.4 is 10.5 Å². The van der Waals surface area contributed by atoms with E-state index in [0.717, 1.165) is 5.56 Å². The normalized spacial score (nSPS) is 11.8. The predicted molar refractivity (Wildman–Crippen MR) is 113 cm³/mol. The van der Waals surface area contributed by atoms with Gasteiger partial charge in [-0.2, -0.15) is 0 Å². The molecular formula is C24H24FNO4. The minimum absolute atomic E-state index is 0.110. The Morgan fingerprint density at radius 1 is 1.07 bits per heavy atom. The van der Waals surface area contributed by atoms with E-state index in [2.05, 4.69) is 0 Å². The molecule has 0 radical (unpaired) electrons. The summed E-state index contributed by atoms with van der Waals surface area (Å²) in [5.41, 5.74) is 8.88. The van der Waals surface area contributed by atoms with Crippen molar-refractivity contribution in [2.45, 2.75) is 25.5 Å². The first kappa shape index (κ1) is 21.5. The Hall–Kier alpha value is -3.22. The lowest BCUT2D eigenvalue weighted by atomic mass is 9.96. The number of carboxylic acid groups (broad SMARTS) is 1. The number of aliphatic carboxylic acids is 1. The summed E-state index contributed by atoms with van der Waals surface area (Å²) in [6, 6.07) is 18.8. The topological polar surface area (TPSA) is 92.8 Å². The molecule has 0 aromatic heterocycles. The predicted octanol–water partition coefficient (Wildman–Crippen LogP) is 4.08. The molecule has 0 aliphatic rings. The molecule has 0 aliphatic heterocycles. The summed E-state index contributed by atoms with van der Waals surface area (Å²) < 4.78 is 20.9. The number of aliphatic hydroxyl groups excluding tert-OH is 1. The lowest BCUT2D eigenvalue weighted by molar-refractivity contribution is -0.136. The van der Waals surface area contributed by atoms with E-state index < -0.39 is 17.8 Å². The van der Waals surface area contributed by atoms with Gasteiger partial charge in [0, 0.05) is 29.3 Å². The first-order valence-electron chi connectivity index (χ1n) is 9.66. The summed E-state index contributed by atoms with van der Waals surface area (Å²) in [4.78, 5) is 11.0. The highest BCUT2D eigenvalue weighted by molar-refractivity contribution is 5.71. The summed E-state index contributed by atoms with van der Waals surface area (Å²) in [6.07, 6.45) is 0.159. The van der Waals surface area contributed by atoms with Crippen LogP contribution in [-0.4, -0.2) is 22.8 Å². The van der Waals surface area contributed by atoms with Crippen molar-refractivity contribution in [1.29, 1.82) is 0 Å². The van der Waals surface area contributed by atoms with E-state index in [9.17, 15) is 4.79 Å². The summed E-state index contributed by atoms with van der Waals surface area (Å²) in [5.74, 6) is -0.820. The van der Waals surface area contributed by atoms with Gasteiger partial charge in [-0.3, -0.25) is 4.79 Å². The molecule has 0 unspecified atom stereocenters. The third-order valence-corrected chi connectivity index (χ3v) is 4.81. The quantitative estimate of drug-likeness (QED) is 0.495. The van der Waals surface area contributed by atoms with Crippen LogP contribution in [0.5, 0.6) is 5.75 Å². The van der Waals surface area contributed by atoms with Gasteiger partial charge in [-0.25, -0.2) is 4.39 Å². The lowest BCUT2D eigenvalue weighted by Gasteiger charge is -2.15. The lowest BCUT2D eigenvalue weighted by Crippen LogP contribution is -2.14. The van der Waals surface area contributed by atoms with Crippen LogP contribution >= 0.6 is 0 Å². The van der Waals surface area contributed by atoms with Gasteiger partial charge in [0.25, 0.3) is 0 Å². The fraction of sp³-hybridized carbons (Fsp3) is 0.208.